The first-order valence-electron chi connectivity index (χ1n) is 17.5. The third-order valence-electron chi connectivity index (χ3n) is 10.7. The van der Waals surface area contributed by atoms with Gasteiger partial charge >= 0.3 is 0 Å². The monoisotopic (exact) mass is 651 g/mol. The summed E-state index contributed by atoms with van der Waals surface area (Å²) in [6.45, 7) is 9.92. The smallest absolute Gasteiger partial charge is 0.209 e. The summed E-state index contributed by atoms with van der Waals surface area (Å²) >= 11 is 0. The predicted molar refractivity (Wildman–Crippen MR) is 200 cm³/mol. The van der Waals surface area contributed by atoms with Crippen LogP contribution in [-0.2, 0) is 23.7 Å². The maximum Gasteiger partial charge on any atom is 0.209 e. The van der Waals surface area contributed by atoms with Gasteiger partial charge in [0.25, 0.3) is 0 Å². The van der Waals surface area contributed by atoms with Gasteiger partial charge in [0.05, 0.1) is 5.41 Å². The van der Waals surface area contributed by atoms with E-state index in [1.807, 2.05) is 6.07 Å². The van der Waals surface area contributed by atoms with Crippen molar-refractivity contribution in [3.63, 3.8) is 0 Å². The van der Waals surface area contributed by atoms with Gasteiger partial charge in [-0.15, -0.1) is 0 Å². The fourth-order valence-corrected chi connectivity index (χ4v) is 8.27. The zero-order valence-corrected chi connectivity index (χ0v) is 29.2. The van der Waals surface area contributed by atoms with Gasteiger partial charge in [0.1, 0.15) is 18.7 Å². The van der Waals surface area contributed by atoms with Crippen molar-refractivity contribution in [2.45, 2.75) is 57.8 Å². The number of anilines is 1. The highest BCUT2D eigenvalue weighted by atomic mass is 19.1. The lowest BCUT2D eigenvalue weighted by Crippen LogP contribution is -2.36. The van der Waals surface area contributed by atoms with Crippen molar-refractivity contribution < 1.29 is 13.4 Å². The highest BCUT2D eigenvalue weighted by Gasteiger charge is 2.49. The average Bonchev–Trinajstić information content (AvgIpc) is 3.45. The van der Waals surface area contributed by atoms with E-state index in [-0.39, 0.29) is 5.41 Å². The molecule has 0 aliphatic carbocycles. The minimum absolute atomic E-state index is 0.162. The van der Waals surface area contributed by atoms with E-state index in [0.717, 1.165) is 35.8 Å². The Hall–Kier alpha value is -4.83. The maximum absolute atomic E-state index is 15.8. The van der Waals surface area contributed by atoms with E-state index in [4.69, 9.17) is 0 Å². The molecule has 0 spiro atoms. The first kappa shape index (κ1) is 32.7. The van der Waals surface area contributed by atoms with Gasteiger partial charge in [-0.25, -0.2) is 8.78 Å². The summed E-state index contributed by atoms with van der Waals surface area (Å²) in [5, 5.41) is 2.32. The molecule has 248 valence electrons. The molecule has 2 aliphatic rings. The van der Waals surface area contributed by atoms with E-state index >= 15 is 4.39 Å². The Morgan fingerprint density at radius 2 is 1.55 bits per heavy atom. The third kappa shape index (κ3) is 5.82. The summed E-state index contributed by atoms with van der Waals surface area (Å²) in [5.41, 5.74) is 8.16. The Morgan fingerprint density at radius 1 is 0.816 bits per heavy atom. The molecule has 0 radical (unpaired) electrons. The number of fused-ring (bicyclic) bond motifs is 4. The molecule has 2 heterocycles. The lowest BCUT2D eigenvalue weighted by atomic mass is 9.69. The van der Waals surface area contributed by atoms with Crippen molar-refractivity contribution >= 4 is 27.9 Å². The van der Waals surface area contributed by atoms with Gasteiger partial charge < -0.3 is 4.90 Å². The second-order valence-corrected chi connectivity index (χ2v) is 14.7. The van der Waals surface area contributed by atoms with Crippen LogP contribution >= 0.6 is 0 Å². The molecule has 0 saturated carbocycles. The number of halogens is 2. The van der Waals surface area contributed by atoms with E-state index in [1.165, 1.54) is 39.5 Å². The van der Waals surface area contributed by atoms with Crippen molar-refractivity contribution in [1.29, 1.82) is 0 Å². The lowest BCUT2D eigenvalue weighted by molar-refractivity contribution is -0.401. The first-order valence-corrected chi connectivity index (χ1v) is 17.5. The van der Waals surface area contributed by atoms with Crippen LogP contribution in [0, 0.1) is 17.6 Å². The number of rotatable bonds is 9. The molecular weight excluding hydrogens is 607 g/mol. The Morgan fingerprint density at radius 3 is 2.31 bits per heavy atom. The standard InChI is InChI=1S/C45H45F2N2/c1-31(2)26-27-49-40-25-23-33-16-9-10-17-36(33)43(40)45(29-32-14-7-6-8-15-32,30-34-22-24-35(46)28-38(34)47)42(49)21-13-20-41-44(3,4)37-18-11-12-19-39(37)48(41)5/h6-25,28,31H,26-27,29-30H2,1-5H3/q+1. The highest BCUT2D eigenvalue weighted by Crippen LogP contribution is 2.54. The van der Waals surface area contributed by atoms with E-state index in [0.29, 0.717) is 24.3 Å². The van der Waals surface area contributed by atoms with Crippen molar-refractivity contribution in [3.05, 3.63) is 167 Å². The molecule has 1 unspecified atom stereocenters. The molecule has 0 aromatic heterocycles. The number of benzene rings is 5. The topological polar surface area (TPSA) is 6.25 Å². The van der Waals surface area contributed by atoms with Crippen LogP contribution in [0.3, 0.4) is 0 Å². The summed E-state index contributed by atoms with van der Waals surface area (Å²) in [6, 6.07) is 36.2. The number of para-hydroxylation sites is 1. The molecule has 0 amide bonds. The number of nitrogens with zero attached hydrogens (tertiary/aromatic N) is 2. The maximum atomic E-state index is 15.8. The SMILES string of the molecule is CC(C)CCN1C(=CC=CC2=[N+](C)c3ccccc3C2(C)C)C(Cc2ccccc2)(Cc2ccc(F)cc2F)c2c1ccc1ccccc21. The summed E-state index contributed by atoms with van der Waals surface area (Å²) < 4.78 is 32.4. The van der Waals surface area contributed by atoms with E-state index < -0.39 is 17.0 Å². The van der Waals surface area contributed by atoms with E-state index in [9.17, 15) is 4.39 Å². The minimum Gasteiger partial charge on any atom is -0.344 e. The van der Waals surface area contributed by atoms with Crippen molar-refractivity contribution in [3.8, 4) is 0 Å². The average molecular weight is 652 g/mol. The second kappa shape index (κ2) is 12.9. The van der Waals surface area contributed by atoms with Gasteiger partial charge in [-0.1, -0.05) is 105 Å². The Labute approximate surface area is 289 Å². The zero-order chi connectivity index (χ0) is 34.3. The Bertz CT molecular complexity index is 2120. The number of hydrogen-bond donors (Lipinski definition) is 0. The molecule has 0 bridgehead atoms. The summed E-state index contributed by atoms with van der Waals surface area (Å²) in [7, 11) is 2.14. The molecule has 49 heavy (non-hydrogen) atoms. The third-order valence-corrected chi connectivity index (χ3v) is 10.7. The molecule has 5 aromatic rings. The molecule has 2 aliphatic heterocycles. The van der Waals surface area contributed by atoms with Gasteiger partial charge in [-0.3, -0.25) is 0 Å². The van der Waals surface area contributed by atoms with Crippen LogP contribution in [0.2, 0.25) is 0 Å². The molecular formula is C45H45F2N2+. The summed E-state index contributed by atoms with van der Waals surface area (Å²) in [5.74, 6) is -0.567. The quantitative estimate of drug-likeness (QED) is 0.144. The number of allylic oxidation sites excluding steroid dienone is 4. The Balaban J connectivity index is 1.48. The van der Waals surface area contributed by atoms with Crippen LogP contribution in [-0.4, -0.2) is 23.9 Å². The van der Waals surface area contributed by atoms with Gasteiger partial charge in [-0.2, -0.15) is 4.58 Å². The lowest BCUT2D eigenvalue weighted by Gasteiger charge is -2.35. The van der Waals surface area contributed by atoms with Gasteiger partial charge in [0, 0.05) is 47.1 Å². The van der Waals surface area contributed by atoms with Gasteiger partial charge in [-0.05, 0) is 84.7 Å². The predicted octanol–water partition coefficient (Wildman–Crippen LogP) is 10.9. The summed E-state index contributed by atoms with van der Waals surface area (Å²) in [6.07, 6.45) is 8.78. The van der Waals surface area contributed by atoms with E-state index in [1.54, 1.807) is 6.07 Å². The van der Waals surface area contributed by atoms with Crippen LogP contribution in [0.1, 0.15) is 56.4 Å². The fourth-order valence-electron chi connectivity index (χ4n) is 8.27. The highest BCUT2D eigenvalue weighted by molar-refractivity contribution is 6.03. The van der Waals surface area contributed by atoms with Crippen molar-refractivity contribution in [1.82, 2.24) is 0 Å². The molecule has 2 nitrogen and oxygen atoms in total. The second-order valence-electron chi connectivity index (χ2n) is 14.7. The zero-order valence-electron chi connectivity index (χ0n) is 29.2. The number of hydrogen-bond acceptors (Lipinski definition) is 1. The largest absolute Gasteiger partial charge is 0.344 e. The molecule has 0 fully saturated rings. The molecule has 0 N–H and O–H groups in total. The normalized spacial score (nSPS) is 19.1. The van der Waals surface area contributed by atoms with E-state index in [2.05, 4.69) is 147 Å². The molecule has 0 saturated heterocycles. The first-order chi connectivity index (χ1) is 23.6. The van der Waals surface area contributed by atoms with Crippen molar-refractivity contribution in [2.75, 3.05) is 18.5 Å². The van der Waals surface area contributed by atoms with Crippen molar-refractivity contribution in [2.24, 2.45) is 5.92 Å². The molecule has 5 aromatic carbocycles. The molecule has 7 rings (SSSR count). The van der Waals surface area contributed by atoms with Gasteiger partial charge in [0.2, 0.25) is 5.69 Å². The molecule has 4 heteroatoms. The van der Waals surface area contributed by atoms with Gasteiger partial charge in [0.15, 0.2) is 5.71 Å². The van der Waals surface area contributed by atoms with Crippen LogP contribution < -0.4 is 4.90 Å². The van der Waals surface area contributed by atoms with Crippen LogP contribution in [0.5, 0.6) is 0 Å². The molecule has 1 atom stereocenters. The van der Waals surface area contributed by atoms with Crippen LogP contribution in [0.15, 0.2) is 133 Å². The Kier molecular flexibility index (Phi) is 8.60. The fraction of sp³-hybridized carbons (Fsp3) is 0.267. The van der Waals surface area contributed by atoms with Crippen LogP contribution in [0.4, 0.5) is 20.2 Å². The van der Waals surface area contributed by atoms with Crippen LogP contribution in [0.25, 0.3) is 10.8 Å². The summed E-state index contributed by atoms with van der Waals surface area (Å²) in [4.78, 5) is 2.49. The minimum atomic E-state index is -0.637.